The van der Waals surface area contributed by atoms with Crippen LogP contribution in [-0.2, 0) is 0 Å². The van der Waals surface area contributed by atoms with Crippen LogP contribution in [0, 0.1) is 6.07 Å². The second-order valence-electron chi connectivity index (χ2n) is 1.86. The molecule has 0 aliphatic rings. The number of carbonyl (C=O) groups excluding carboxylic acids is 1. The molecule has 0 spiro atoms. The molecule has 3 nitrogen and oxygen atoms in total. The molecular weight excluding hydrogens is 128 g/mol. The number of nitrogens with two attached hydrogens (primary N) is 2. The highest BCUT2D eigenvalue weighted by Gasteiger charge is 2.02. The molecular formula is C7H7N2O. The average molecular weight is 135 g/mol. The van der Waals surface area contributed by atoms with Gasteiger partial charge >= 0.3 is 0 Å². The van der Waals surface area contributed by atoms with Crippen molar-refractivity contribution in [3.05, 3.63) is 29.8 Å². The van der Waals surface area contributed by atoms with Crippen molar-refractivity contribution in [3.8, 4) is 0 Å². The maximum Gasteiger partial charge on any atom is 0.251 e. The van der Waals surface area contributed by atoms with Crippen LogP contribution in [0.3, 0.4) is 0 Å². The van der Waals surface area contributed by atoms with Gasteiger partial charge in [-0.15, -0.1) is 0 Å². The summed E-state index contributed by atoms with van der Waals surface area (Å²) in [5.41, 5.74) is 11.0. The molecule has 1 aromatic rings. The van der Waals surface area contributed by atoms with Crippen molar-refractivity contribution in [2.45, 2.75) is 0 Å². The fourth-order valence-electron chi connectivity index (χ4n) is 0.663. The van der Waals surface area contributed by atoms with E-state index in [1.165, 1.54) is 0 Å². The smallest absolute Gasteiger partial charge is 0.251 e. The van der Waals surface area contributed by atoms with Gasteiger partial charge in [0.25, 0.3) is 5.91 Å². The van der Waals surface area contributed by atoms with Gasteiger partial charge in [0.15, 0.2) is 0 Å². The number of carbonyl (C=O) groups is 1. The van der Waals surface area contributed by atoms with E-state index in [9.17, 15) is 4.79 Å². The summed E-state index contributed by atoms with van der Waals surface area (Å²) in [6.45, 7) is 0. The lowest BCUT2D eigenvalue weighted by Crippen LogP contribution is -2.13. The molecule has 0 saturated carbocycles. The zero-order valence-electron chi connectivity index (χ0n) is 5.29. The van der Waals surface area contributed by atoms with Gasteiger partial charge < -0.3 is 11.5 Å². The number of hydrogen-bond acceptors (Lipinski definition) is 2. The van der Waals surface area contributed by atoms with E-state index in [2.05, 4.69) is 6.07 Å². The molecule has 3 heteroatoms. The first-order valence-corrected chi connectivity index (χ1v) is 2.78. The Kier molecular flexibility index (Phi) is 1.58. The molecule has 0 unspecified atom stereocenters. The molecule has 1 rings (SSSR count). The van der Waals surface area contributed by atoms with Gasteiger partial charge in [-0.25, -0.2) is 0 Å². The van der Waals surface area contributed by atoms with Gasteiger partial charge in [0.05, 0.1) is 5.56 Å². The largest absolute Gasteiger partial charge is 0.398 e. The van der Waals surface area contributed by atoms with Gasteiger partial charge in [0.2, 0.25) is 0 Å². The lowest BCUT2D eigenvalue weighted by molar-refractivity contribution is 0.100. The molecule has 51 valence electrons. The average Bonchev–Trinajstić information content (AvgIpc) is 1.88. The van der Waals surface area contributed by atoms with Gasteiger partial charge in [-0.2, -0.15) is 0 Å². The van der Waals surface area contributed by atoms with Crippen LogP contribution in [0.25, 0.3) is 0 Å². The molecule has 1 radical (unpaired) electrons. The number of rotatable bonds is 1. The van der Waals surface area contributed by atoms with E-state index in [0.717, 1.165) is 0 Å². The first-order valence-electron chi connectivity index (χ1n) is 2.78. The van der Waals surface area contributed by atoms with Crippen molar-refractivity contribution in [2.24, 2.45) is 5.73 Å². The van der Waals surface area contributed by atoms with Gasteiger partial charge in [-0.1, -0.05) is 12.1 Å². The molecule has 1 aromatic carbocycles. The number of nitrogen functional groups attached to an aromatic ring is 1. The van der Waals surface area contributed by atoms with Gasteiger partial charge in [-0.3, -0.25) is 4.79 Å². The van der Waals surface area contributed by atoms with E-state index in [0.29, 0.717) is 5.69 Å². The highest BCUT2D eigenvalue weighted by Crippen LogP contribution is 2.07. The summed E-state index contributed by atoms with van der Waals surface area (Å²) in [6, 6.07) is 7.53. The molecule has 0 atom stereocenters. The lowest BCUT2D eigenvalue weighted by Gasteiger charge is -1.96. The van der Waals surface area contributed by atoms with Crippen LogP contribution in [0.1, 0.15) is 10.4 Å². The molecule has 1 amide bonds. The molecule has 0 saturated heterocycles. The van der Waals surface area contributed by atoms with E-state index in [4.69, 9.17) is 11.5 Å². The number of amides is 1. The number of benzene rings is 1. The maximum absolute atomic E-state index is 10.5. The lowest BCUT2D eigenvalue weighted by atomic mass is 10.2. The summed E-state index contributed by atoms with van der Waals surface area (Å²) >= 11 is 0. The quantitative estimate of drug-likeness (QED) is 0.539. The van der Waals surface area contributed by atoms with Crippen LogP contribution in [0.2, 0.25) is 0 Å². The molecule has 0 aliphatic heterocycles. The second-order valence-corrected chi connectivity index (χ2v) is 1.86. The molecule has 0 aliphatic carbocycles. The fraction of sp³-hybridized carbons (Fsp3) is 0. The molecule has 0 aromatic heterocycles. The fourth-order valence-corrected chi connectivity index (χ4v) is 0.663. The highest BCUT2D eigenvalue weighted by molar-refractivity contribution is 5.97. The number of primary amides is 1. The van der Waals surface area contributed by atoms with Crippen molar-refractivity contribution in [3.63, 3.8) is 0 Å². The first-order chi connectivity index (χ1) is 4.72. The summed E-state index contributed by atoms with van der Waals surface area (Å²) in [7, 11) is 0. The number of anilines is 1. The predicted molar refractivity (Wildman–Crippen MR) is 38.2 cm³/mol. The van der Waals surface area contributed by atoms with Crippen molar-refractivity contribution in [2.75, 3.05) is 5.73 Å². The molecule has 10 heavy (non-hydrogen) atoms. The number of hydrogen-bond donors (Lipinski definition) is 2. The van der Waals surface area contributed by atoms with E-state index >= 15 is 0 Å². The van der Waals surface area contributed by atoms with Crippen LogP contribution in [0.15, 0.2) is 18.2 Å². The van der Waals surface area contributed by atoms with Gasteiger partial charge in [0, 0.05) is 5.69 Å². The third-order valence-electron chi connectivity index (χ3n) is 1.13. The Hall–Kier alpha value is -1.51. The maximum atomic E-state index is 10.5. The Balaban J connectivity index is 3.15. The van der Waals surface area contributed by atoms with Crippen LogP contribution in [-0.4, -0.2) is 5.91 Å². The Labute approximate surface area is 58.6 Å². The topological polar surface area (TPSA) is 69.1 Å². The molecule has 0 fully saturated rings. The zero-order chi connectivity index (χ0) is 7.56. The van der Waals surface area contributed by atoms with Crippen LogP contribution in [0.4, 0.5) is 5.69 Å². The summed E-state index contributed by atoms with van der Waals surface area (Å²) in [5.74, 6) is -0.543. The van der Waals surface area contributed by atoms with Gasteiger partial charge in [-0.05, 0) is 12.1 Å². The van der Waals surface area contributed by atoms with E-state index in [-0.39, 0.29) is 5.56 Å². The predicted octanol–water partition coefficient (Wildman–Crippen LogP) is 0.168. The third kappa shape index (κ3) is 1.07. The third-order valence-corrected chi connectivity index (χ3v) is 1.13. The normalized spacial score (nSPS) is 9.20. The Morgan fingerprint density at radius 1 is 1.60 bits per heavy atom. The van der Waals surface area contributed by atoms with Crippen LogP contribution >= 0.6 is 0 Å². The molecule has 4 N–H and O–H groups in total. The molecule has 0 bridgehead atoms. The van der Waals surface area contributed by atoms with Crippen molar-refractivity contribution in [1.29, 1.82) is 0 Å². The summed E-state index contributed by atoms with van der Waals surface area (Å²) < 4.78 is 0. The Morgan fingerprint density at radius 3 is 2.70 bits per heavy atom. The van der Waals surface area contributed by atoms with E-state index < -0.39 is 5.91 Å². The van der Waals surface area contributed by atoms with Crippen molar-refractivity contribution in [1.82, 2.24) is 0 Å². The zero-order valence-corrected chi connectivity index (χ0v) is 5.29. The second kappa shape index (κ2) is 2.39. The summed E-state index contributed by atoms with van der Waals surface area (Å²) in [4.78, 5) is 10.5. The van der Waals surface area contributed by atoms with E-state index in [1.807, 2.05) is 0 Å². The minimum Gasteiger partial charge on any atom is -0.398 e. The monoisotopic (exact) mass is 135 g/mol. The Bertz CT molecular complexity index is 258. The van der Waals surface area contributed by atoms with Crippen molar-refractivity contribution >= 4 is 11.6 Å². The van der Waals surface area contributed by atoms with Crippen molar-refractivity contribution < 1.29 is 4.79 Å². The standard InChI is InChI=1S/C7H7N2O/c8-6-4-2-1-3-5(6)7(9)10/h1-2,4H,8H2,(H2,9,10). The Morgan fingerprint density at radius 2 is 2.30 bits per heavy atom. The summed E-state index contributed by atoms with van der Waals surface area (Å²) in [6.07, 6.45) is 0. The highest BCUT2D eigenvalue weighted by atomic mass is 16.1. The summed E-state index contributed by atoms with van der Waals surface area (Å²) in [5, 5.41) is 0. The van der Waals surface area contributed by atoms with Crippen LogP contribution in [0.5, 0.6) is 0 Å². The van der Waals surface area contributed by atoms with Crippen LogP contribution < -0.4 is 11.5 Å². The SMILES string of the molecule is NC(=O)c1[c]cccc1N. The van der Waals surface area contributed by atoms with E-state index in [1.54, 1.807) is 18.2 Å². The molecule has 0 heterocycles. The minimum absolute atomic E-state index is 0.252. The first kappa shape index (κ1) is 6.61. The minimum atomic E-state index is -0.543. The van der Waals surface area contributed by atoms with Gasteiger partial charge in [0.1, 0.15) is 0 Å².